The maximum absolute atomic E-state index is 12.2. The van der Waals surface area contributed by atoms with Crippen LogP contribution in [0.25, 0.3) is 0 Å². The van der Waals surface area contributed by atoms with E-state index in [9.17, 15) is 23.1 Å². The largest absolute Gasteiger partial charge is 0.479 e. The zero-order chi connectivity index (χ0) is 17.9. The van der Waals surface area contributed by atoms with Crippen molar-refractivity contribution in [2.24, 2.45) is 0 Å². The van der Waals surface area contributed by atoms with E-state index in [2.05, 4.69) is 5.32 Å². The molecule has 1 aliphatic carbocycles. The van der Waals surface area contributed by atoms with Crippen LogP contribution < -0.4 is 5.32 Å². The van der Waals surface area contributed by atoms with Crippen molar-refractivity contribution in [3.63, 3.8) is 0 Å². The number of benzene rings is 1. The highest BCUT2D eigenvalue weighted by atomic mass is 32.2. The average molecular weight is 353 g/mol. The second-order valence-corrected chi connectivity index (χ2v) is 8.68. The van der Waals surface area contributed by atoms with E-state index < -0.39 is 38.8 Å². The SMILES string of the molecule is Cc1ccc(C(NC(=O)CS(=O)(=O)C2CCCC2)C(=O)O)cc1C. The minimum atomic E-state index is -3.53. The first-order valence-corrected chi connectivity index (χ1v) is 9.73. The first-order valence-electron chi connectivity index (χ1n) is 8.01. The fourth-order valence-corrected chi connectivity index (χ4v) is 4.72. The molecule has 1 saturated carbocycles. The average Bonchev–Trinajstić information content (AvgIpc) is 3.02. The number of carbonyl (C=O) groups excluding carboxylic acids is 1. The molecule has 132 valence electrons. The van der Waals surface area contributed by atoms with Crippen LogP contribution in [-0.4, -0.2) is 36.4 Å². The number of carboxylic acid groups (broad SMARTS) is 1. The van der Waals surface area contributed by atoms with Gasteiger partial charge in [-0.1, -0.05) is 31.0 Å². The minimum Gasteiger partial charge on any atom is -0.479 e. The van der Waals surface area contributed by atoms with Gasteiger partial charge in [-0.25, -0.2) is 13.2 Å². The number of aliphatic carboxylic acids is 1. The maximum atomic E-state index is 12.2. The second kappa shape index (κ2) is 7.34. The van der Waals surface area contributed by atoms with Crippen LogP contribution in [0, 0.1) is 13.8 Å². The van der Waals surface area contributed by atoms with Crippen molar-refractivity contribution in [2.45, 2.75) is 50.8 Å². The Morgan fingerprint density at radius 3 is 2.38 bits per heavy atom. The van der Waals surface area contributed by atoms with E-state index in [1.165, 1.54) is 0 Å². The van der Waals surface area contributed by atoms with E-state index in [1.807, 2.05) is 13.8 Å². The molecule has 0 saturated heterocycles. The van der Waals surface area contributed by atoms with Gasteiger partial charge in [0.2, 0.25) is 5.91 Å². The highest BCUT2D eigenvalue weighted by molar-refractivity contribution is 7.92. The predicted molar refractivity (Wildman–Crippen MR) is 90.5 cm³/mol. The first-order chi connectivity index (χ1) is 11.2. The number of hydrogen-bond donors (Lipinski definition) is 2. The number of aryl methyl sites for hydroxylation is 2. The number of amides is 1. The Hall–Kier alpha value is -1.89. The fraction of sp³-hybridized carbons (Fsp3) is 0.529. The normalized spacial score (nSPS) is 16.8. The molecule has 2 rings (SSSR count). The summed E-state index contributed by atoms with van der Waals surface area (Å²) in [5, 5.41) is 11.2. The summed E-state index contributed by atoms with van der Waals surface area (Å²) in [6.07, 6.45) is 2.86. The molecule has 0 spiro atoms. The molecule has 7 heteroatoms. The Morgan fingerprint density at radius 1 is 1.21 bits per heavy atom. The number of hydrogen-bond acceptors (Lipinski definition) is 4. The van der Waals surface area contributed by atoms with Crippen LogP contribution >= 0.6 is 0 Å². The molecule has 0 aliphatic heterocycles. The van der Waals surface area contributed by atoms with Gasteiger partial charge in [-0.2, -0.15) is 0 Å². The fourth-order valence-electron chi connectivity index (χ4n) is 2.98. The molecule has 1 atom stereocenters. The lowest BCUT2D eigenvalue weighted by Gasteiger charge is -2.17. The van der Waals surface area contributed by atoms with Gasteiger partial charge in [-0.3, -0.25) is 4.79 Å². The van der Waals surface area contributed by atoms with Crippen LogP contribution in [0.4, 0.5) is 0 Å². The van der Waals surface area contributed by atoms with Gasteiger partial charge in [0.1, 0.15) is 5.75 Å². The summed E-state index contributed by atoms with van der Waals surface area (Å²) in [4.78, 5) is 23.6. The highest BCUT2D eigenvalue weighted by Gasteiger charge is 2.32. The van der Waals surface area contributed by atoms with E-state index >= 15 is 0 Å². The molecule has 1 unspecified atom stereocenters. The molecule has 24 heavy (non-hydrogen) atoms. The predicted octanol–water partition coefficient (Wildman–Crippen LogP) is 1.90. The molecule has 1 aromatic rings. The standard InChI is InChI=1S/C17H23NO5S/c1-11-7-8-13(9-12(11)2)16(17(20)21)18-15(19)10-24(22,23)14-5-3-4-6-14/h7-9,14,16H,3-6,10H2,1-2H3,(H,18,19)(H,20,21). The molecule has 0 radical (unpaired) electrons. The van der Waals surface area contributed by atoms with Crippen LogP contribution in [0.1, 0.15) is 48.4 Å². The van der Waals surface area contributed by atoms with Crippen molar-refractivity contribution in [1.82, 2.24) is 5.32 Å². The van der Waals surface area contributed by atoms with Crippen LogP contribution in [0.2, 0.25) is 0 Å². The van der Waals surface area contributed by atoms with Gasteiger partial charge >= 0.3 is 5.97 Å². The Kier molecular flexibility index (Phi) is 5.64. The third-order valence-electron chi connectivity index (χ3n) is 4.56. The van der Waals surface area contributed by atoms with Crippen molar-refractivity contribution in [2.75, 3.05) is 5.75 Å². The van der Waals surface area contributed by atoms with Gasteiger partial charge in [0.15, 0.2) is 15.9 Å². The Bertz CT molecular complexity index is 735. The topological polar surface area (TPSA) is 101 Å². The molecular formula is C17H23NO5S. The molecule has 6 nitrogen and oxygen atoms in total. The van der Waals surface area contributed by atoms with Crippen molar-refractivity contribution in [1.29, 1.82) is 0 Å². The molecule has 0 heterocycles. The van der Waals surface area contributed by atoms with Crippen LogP contribution in [0.5, 0.6) is 0 Å². The van der Waals surface area contributed by atoms with E-state index in [4.69, 9.17) is 0 Å². The number of nitrogens with one attached hydrogen (secondary N) is 1. The van der Waals surface area contributed by atoms with Gasteiger partial charge in [0, 0.05) is 0 Å². The van der Waals surface area contributed by atoms with Crippen LogP contribution in [-0.2, 0) is 19.4 Å². The lowest BCUT2D eigenvalue weighted by Crippen LogP contribution is -2.39. The molecule has 0 aromatic heterocycles. The van der Waals surface area contributed by atoms with Gasteiger partial charge in [-0.05, 0) is 43.4 Å². The van der Waals surface area contributed by atoms with Crippen LogP contribution in [0.3, 0.4) is 0 Å². The zero-order valence-electron chi connectivity index (χ0n) is 13.9. The smallest absolute Gasteiger partial charge is 0.330 e. The van der Waals surface area contributed by atoms with E-state index in [-0.39, 0.29) is 0 Å². The number of carbonyl (C=O) groups is 2. The van der Waals surface area contributed by atoms with Crippen molar-refractivity contribution in [3.8, 4) is 0 Å². The number of rotatable bonds is 6. The van der Waals surface area contributed by atoms with E-state index in [0.717, 1.165) is 24.0 Å². The zero-order valence-corrected chi connectivity index (χ0v) is 14.7. The molecule has 1 fully saturated rings. The molecule has 1 aromatic carbocycles. The molecule has 0 bridgehead atoms. The lowest BCUT2D eigenvalue weighted by atomic mass is 10.0. The van der Waals surface area contributed by atoms with E-state index in [1.54, 1.807) is 18.2 Å². The molecular weight excluding hydrogens is 330 g/mol. The minimum absolute atomic E-state index is 0.428. The van der Waals surface area contributed by atoms with E-state index in [0.29, 0.717) is 18.4 Å². The van der Waals surface area contributed by atoms with Crippen molar-refractivity contribution >= 4 is 21.7 Å². The van der Waals surface area contributed by atoms with Crippen LogP contribution in [0.15, 0.2) is 18.2 Å². The van der Waals surface area contributed by atoms with Gasteiger partial charge in [0.25, 0.3) is 0 Å². The maximum Gasteiger partial charge on any atom is 0.330 e. The van der Waals surface area contributed by atoms with Gasteiger partial charge in [-0.15, -0.1) is 0 Å². The monoisotopic (exact) mass is 353 g/mol. The number of sulfone groups is 1. The third kappa shape index (κ3) is 4.35. The highest BCUT2D eigenvalue weighted by Crippen LogP contribution is 2.25. The summed E-state index contributed by atoms with van der Waals surface area (Å²) in [5.41, 5.74) is 2.35. The summed E-state index contributed by atoms with van der Waals surface area (Å²) in [7, 11) is -3.53. The molecule has 1 aliphatic rings. The van der Waals surface area contributed by atoms with Gasteiger partial charge in [0.05, 0.1) is 5.25 Å². The summed E-state index contributed by atoms with van der Waals surface area (Å²) in [6.45, 7) is 3.76. The second-order valence-electron chi connectivity index (χ2n) is 6.40. The summed E-state index contributed by atoms with van der Waals surface area (Å²) >= 11 is 0. The van der Waals surface area contributed by atoms with Crippen molar-refractivity contribution < 1.29 is 23.1 Å². The third-order valence-corrected chi connectivity index (χ3v) is 6.71. The Morgan fingerprint density at radius 2 is 1.83 bits per heavy atom. The summed E-state index contributed by atoms with van der Waals surface area (Å²) < 4.78 is 24.4. The molecule has 1 amide bonds. The molecule has 2 N–H and O–H groups in total. The number of carboxylic acids is 1. The Labute approximate surface area is 142 Å². The quantitative estimate of drug-likeness (QED) is 0.813. The van der Waals surface area contributed by atoms with Gasteiger partial charge < -0.3 is 10.4 Å². The Balaban J connectivity index is 2.11. The first kappa shape index (κ1) is 18.4. The lowest BCUT2D eigenvalue weighted by molar-refractivity contribution is -0.141. The summed E-state index contributed by atoms with van der Waals surface area (Å²) in [6, 6.07) is 3.85. The van der Waals surface area contributed by atoms with Crippen molar-refractivity contribution in [3.05, 3.63) is 34.9 Å². The summed E-state index contributed by atoms with van der Waals surface area (Å²) in [5.74, 6) is -2.65.